The number of H-pyrrole nitrogens is 1. The molecule has 0 spiro atoms. The van der Waals surface area contributed by atoms with Gasteiger partial charge in [-0.2, -0.15) is 5.10 Å². The number of aromatic nitrogens is 4. The summed E-state index contributed by atoms with van der Waals surface area (Å²) < 4.78 is 21.8. The fourth-order valence-corrected chi connectivity index (χ4v) is 3.61. The molecule has 1 aliphatic rings. The molecule has 0 amide bonds. The summed E-state index contributed by atoms with van der Waals surface area (Å²) in [5.74, 6) is -1.70. The molecule has 1 fully saturated rings. The highest BCUT2D eigenvalue weighted by Crippen LogP contribution is 2.39. The minimum absolute atomic E-state index is 0.182. The van der Waals surface area contributed by atoms with Crippen molar-refractivity contribution in [3.63, 3.8) is 0 Å². The molecule has 1 saturated heterocycles. The molecule has 1 N–H and O–H groups in total. The number of carbonyl (C=O) groups is 3. The van der Waals surface area contributed by atoms with Crippen LogP contribution >= 0.6 is 11.8 Å². The van der Waals surface area contributed by atoms with Crippen molar-refractivity contribution in [2.75, 3.05) is 12.9 Å². The van der Waals surface area contributed by atoms with Crippen LogP contribution in [0, 0.1) is 0 Å². The van der Waals surface area contributed by atoms with Crippen LogP contribution in [0.1, 0.15) is 32.6 Å². The van der Waals surface area contributed by atoms with Crippen molar-refractivity contribution in [3.05, 3.63) is 12.0 Å². The van der Waals surface area contributed by atoms with Gasteiger partial charge in [-0.1, -0.05) is 0 Å². The minimum Gasteiger partial charge on any atom is -0.463 e. The normalized spacial score (nSPS) is 23.7. The van der Waals surface area contributed by atoms with Gasteiger partial charge in [0, 0.05) is 20.8 Å². The third-order valence-electron chi connectivity index (χ3n) is 4.17. The van der Waals surface area contributed by atoms with Crippen LogP contribution in [0.25, 0.3) is 11.0 Å². The zero-order valence-electron chi connectivity index (χ0n) is 16.2. The maximum atomic E-state index is 11.7. The Balaban J connectivity index is 2.02. The number of thioether (sulfide) groups is 1. The molecule has 0 saturated carbocycles. The molecule has 2 aromatic heterocycles. The minimum atomic E-state index is -0.992. The molecule has 12 heteroatoms. The molecule has 4 atom stereocenters. The van der Waals surface area contributed by atoms with E-state index in [1.165, 1.54) is 38.9 Å². The number of carbonyl (C=O) groups excluding carboxylic acids is 3. The zero-order valence-corrected chi connectivity index (χ0v) is 17.0. The smallest absolute Gasteiger partial charge is 0.303 e. The highest BCUT2D eigenvalue weighted by molar-refractivity contribution is 7.98. The second-order valence-electron chi connectivity index (χ2n) is 6.26. The monoisotopic (exact) mass is 424 g/mol. The molecule has 0 aliphatic carbocycles. The van der Waals surface area contributed by atoms with Gasteiger partial charge in [0.15, 0.2) is 12.2 Å². The number of ether oxygens (including phenoxy) is 4. The van der Waals surface area contributed by atoms with Crippen molar-refractivity contribution in [1.82, 2.24) is 20.2 Å². The van der Waals surface area contributed by atoms with Crippen molar-refractivity contribution in [2.45, 2.75) is 50.2 Å². The van der Waals surface area contributed by atoms with Gasteiger partial charge in [-0.3, -0.25) is 19.5 Å². The van der Waals surface area contributed by atoms with Crippen LogP contribution < -0.4 is 0 Å². The SMILES string of the molecule is CSc1ncnc2c([C@@H]3O[C@@H](COC(C)=O)[C@@H](OC(C)=O)[C@@H]3OC(C)=O)[nH]nc12. The van der Waals surface area contributed by atoms with E-state index < -0.39 is 42.3 Å². The van der Waals surface area contributed by atoms with Gasteiger partial charge in [0.25, 0.3) is 0 Å². The molecule has 0 radical (unpaired) electrons. The number of hydrogen-bond donors (Lipinski definition) is 1. The second-order valence-corrected chi connectivity index (χ2v) is 7.06. The number of hydrogen-bond acceptors (Lipinski definition) is 11. The molecular weight excluding hydrogens is 404 g/mol. The maximum absolute atomic E-state index is 11.7. The quantitative estimate of drug-likeness (QED) is 0.306. The highest BCUT2D eigenvalue weighted by atomic mass is 32.2. The largest absolute Gasteiger partial charge is 0.463 e. The summed E-state index contributed by atoms with van der Waals surface area (Å²) >= 11 is 1.40. The van der Waals surface area contributed by atoms with E-state index in [4.69, 9.17) is 18.9 Å². The molecule has 1 aliphatic heterocycles. The van der Waals surface area contributed by atoms with Crippen LogP contribution in [-0.4, -0.2) is 69.2 Å². The molecule has 29 heavy (non-hydrogen) atoms. The Kier molecular flexibility index (Phi) is 6.33. The number of esters is 3. The van der Waals surface area contributed by atoms with Crippen LogP contribution in [0.5, 0.6) is 0 Å². The molecular formula is C17H20N4O7S. The molecule has 11 nitrogen and oxygen atoms in total. The maximum Gasteiger partial charge on any atom is 0.303 e. The van der Waals surface area contributed by atoms with Gasteiger partial charge in [0.2, 0.25) is 0 Å². The summed E-state index contributed by atoms with van der Waals surface area (Å²) in [7, 11) is 0. The third-order valence-corrected chi connectivity index (χ3v) is 4.86. The van der Waals surface area contributed by atoms with Gasteiger partial charge >= 0.3 is 17.9 Å². The summed E-state index contributed by atoms with van der Waals surface area (Å²) in [5.41, 5.74) is 1.46. The lowest BCUT2D eigenvalue weighted by molar-refractivity contribution is -0.165. The van der Waals surface area contributed by atoms with Gasteiger partial charge in [-0.25, -0.2) is 9.97 Å². The molecule has 0 aromatic carbocycles. The molecule has 0 unspecified atom stereocenters. The van der Waals surface area contributed by atoms with E-state index in [-0.39, 0.29) is 6.61 Å². The van der Waals surface area contributed by atoms with Gasteiger partial charge < -0.3 is 18.9 Å². The van der Waals surface area contributed by atoms with Crippen molar-refractivity contribution in [1.29, 1.82) is 0 Å². The molecule has 3 rings (SSSR count). The van der Waals surface area contributed by atoms with E-state index in [0.717, 1.165) is 0 Å². The Morgan fingerprint density at radius 2 is 1.76 bits per heavy atom. The molecule has 3 heterocycles. The van der Waals surface area contributed by atoms with E-state index >= 15 is 0 Å². The predicted octanol–water partition coefficient (Wildman–Crippen LogP) is 0.941. The Morgan fingerprint density at radius 3 is 2.38 bits per heavy atom. The summed E-state index contributed by atoms with van der Waals surface area (Å²) in [6.45, 7) is 3.53. The first kappa shape index (κ1) is 21.0. The number of fused-ring (bicyclic) bond motifs is 1. The van der Waals surface area contributed by atoms with Gasteiger partial charge in [0.1, 0.15) is 41.2 Å². The standard InChI is InChI=1S/C17H20N4O7S/c1-7(22)25-5-10-14(26-8(2)23)16(27-9(3)24)15(28-10)12-11-13(21-20-12)17(29-4)19-6-18-11/h6,10,14-16H,5H2,1-4H3,(H,20,21)/t10-,14+,15-,16-/m0/s1. The number of rotatable bonds is 6. The summed E-state index contributed by atoms with van der Waals surface area (Å²) in [6.07, 6.45) is -0.455. The van der Waals surface area contributed by atoms with Crippen LogP contribution in [0.2, 0.25) is 0 Å². The third kappa shape index (κ3) is 4.48. The fraction of sp³-hybridized carbons (Fsp3) is 0.529. The fourth-order valence-electron chi connectivity index (χ4n) is 3.13. The molecule has 2 aromatic rings. The average Bonchev–Trinajstić information content (AvgIpc) is 3.21. The summed E-state index contributed by atoms with van der Waals surface area (Å²) in [5, 5.41) is 7.77. The predicted molar refractivity (Wildman–Crippen MR) is 98.8 cm³/mol. The van der Waals surface area contributed by atoms with E-state index in [1.54, 1.807) is 0 Å². The Morgan fingerprint density at radius 1 is 1.07 bits per heavy atom. The van der Waals surface area contributed by atoms with Crippen LogP contribution in [-0.2, 0) is 33.3 Å². The zero-order chi connectivity index (χ0) is 21.1. The first-order valence-electron chi connectivity index (χ1n) is 8.68. The van der Waals surface area contributed by atoms with E-state index in [2.05, 4.69) is 20.2 Å². The van der Waals surface area contributed by atoms with Crippen LogP contribution in [0.15, 0.2) is 11.4 Å². The lowest BCUT2D eigenvalue weighted by Gasteiger charge is -2.23. The van der Waals surface area contributed by atoms with Gasteiger partial charge in [-0.05, 0) is 6.26 Å². The van der Waals surface area contributed by atoms with Crippen LogP contribution in [0.3, 0.4) is 0 Å². The molecule has 156 valence electrons. The van der Waals surface area contributed by atoms with Crippen LogP contribution in [0.4, 0.5) is 0 Å². The van der Waals surface area contributed by atoms with Crippen molar-refractivity contribution in [2.24, 2.45) is 0 Å². The lowest BCUT2D eigenvalue weighted by Crippen LogP contribution is -2.40. The first-order chi connectivity index (χ1) is 13.8. The first-order valence-corrected chi connectivity index (χ1v) is 9.90. The molecule has 0 bridgehead atoms. The van der Waals surface area contributed by atoms with E-state index in [1.807, 2.05) is 6.26 Å². The number of nitrogens with one attached hydrogen (secondary N) is 1. The van der Waals surface area contributed by atoms with E-state index in [9.17, 15) is 14.4 Å². The lowest BCUT2D eigenvalue weighted by atomic mass is 10.0. The number of aromatic amines is 1. The second kappa shape index (κ2) is 8.74. The van der Waals surface area contributed by atoms with Gasteiger partial charge in [0.05, 0.1) is 5.69 Å². The van der Waals surface area contributed by atoms with Crippen molar-refractivity contribution < 1.29 is 33.3 Å². The topological polar surface area (TPSA) is 143 Å². The average molecular weight is 424 g/mol. The summed E-state index contributed by atoms with van der Waals surface area (Å²) in [6, 6.07) is 0. The Hall–Kier alpha value is -2.73. The van der Waals surface area contributed by atoms with Crippen molar-refractivity contribution >= 4 is 40.7 Å². The highest BCUT2D eigenvalue weighted by Gasteiger charge is 2.51. The van der Waals surface area contributed by atoms with Gasteiger partial charge in [-0.15, -0.1) is 11.8 Å². The number of nitrogens with zero attached hydrogens (tertiary/aromatic N) is 3. The Labute approximate surface area is 169 Å². The van der Waals surface area contributed by atoms with E-state index in [0.29, 0.717) is 21.8 Å². The van der Waals surface area contributed by atoms with Crippen molar-refractivity contribution in [3.8, 4) is 0 Å². The summed E-state index contributed by atoms with van der Waals surface area (Å²) in [4.78, 5) is 43.0. The Bertz CT molecular complexity index is 934.